The Kier molecular flexibility index (Phi) is 7.66. The first-order valence-electron chi connectivity index (χ1n) is 5.95. The normalized spacial score (nSPS) is 10.5. The molecule has 0 radical (unpaired) electrons. The van der Waals surface area contributed by atoms with Gasteiger partial charge in [-0.1, -0.05) is 22.0 Å². The molecule has 0 fully saturated rings. The Morgan fingerprint density at radius 2 is 2.21 bits per heavy atom. The fraction of sp³-hybridized carbons (Fsp3) is 0.462. The smallest absolute Gasteiger partial charge is 0.337 e. The predicted molar refractivity (Wildman–Crippen MR) is 75.1 cm³/mol. The second-order valence-electron chi connectivity index (χ2n) is 3.81. The first-order chi connectivity index (χ1) is 9.19. The van der Waals surface area contributed by atoms with Crippen LogP contribution in [0.1, 0.15) is 15.9 Å². The number of rotatable bonds is 8. The monoisotopic (exact) mass is 331 g/mol. The van der Waals surface area contributed by atoms with Gasteiger partial charge in [-0.2, -0.15) is 0 Å². The molecular formula is C13H18BrNO4. The summed E-state index contributed by atoms with van der Waals surface area (Å²) in [7, 11) is 1.36. The fourth-order valence-electron chi connectivity index (χ4n) is 1.47. The van der Waals surface area contributed by atoms with Crippen LogP contribution in [0.5, 0.6) is 0 Å². The predicted octanol–water partition coefficient (Wildman–Crippen LogP) is 1.33. The molecule has 0 bridgehead atoms. The van der Waals surface area contributed by atoms with Gasteiger partial charge in [-0.05, 0) is 17.7 Å². The molecule has 0 unspecified atom stereocenters. The number of hydrogen-bond acceptors (Lipinski definition) is 5. The fourth-order valence-corrected chi connectivity index (χ4v) is 1.99. The Morgan fingerprint density at radius 1 is 1.42 bits per heavy atom. The van der Waals surface area contributed by atoms with Crippen LogP contribution in [0.4, 0.5) is 0 Å². The van der Waals surface area contributed by atoms with E-state index in [1.165, 1.54) is 7.11 Å². The molecule has 0 aliphatic heterocycles. The number of aliphatic hydroxyl groups is 1. The van der Waals surface area contributed by atoms with Crippen molar-refractivity contribution in [2.24, 2.45) is 0 Å². The molecule has 0 saturated heterocycles. The Balaban J connectivity index is 2.40. The maximum absolute atomic E-state index is 11.3. The van der Waals surface area contributed by atoms with Gasteiger partial charge in [0.15, 0.2) is 0 Å². The summed E-state index contributed by atoms with van der Waals surface area (Å²) < 4.78 is 10.6. The van der Waals surface area contributed by atoms with Crippen molar-refractivity contribution in [1.29, 1.82) is 0 Å². The number of methoxy groups -OCH3 is 1. The van der Waals surface area contributed by atoms with Gasteiger partial charge in [0, 0.05) is 17.6 Å². The molecule has 0 aliphatic carbocycles. The molecule has 0 spiro atoms. The highest BCUT2D eigenvalue weighted by molar-refractivity contribution is 9.10. The standard InChI is InChI=1S/C13H18BrNO4/c1-18-13(17)10-2-3-11(12(14)8-10)9-15-4-6-19-7-5-16/h2-3,8,15-16H,4-7,9H2,1H3. The molecule has 6 heteroatoms. The van der Waals surface area contributed by atoms with Gasteiger partial charge in [0.25, 0.3) is 0 Å². The van der Waals surface area contributed by atoms with Gasteiger partial charge in [-0.3, -0.25) is 0 Å². The molecule has 1 rings (SSSR count). The van der Waals surface area contributed by atoms with E-state index in [1.807, 2.05) is 6.07 Å². The SMILES string of the molecule is COC(=O)c1ccc(CNCCOCCO)c(Br)c1. The molecule has 1 aromatic carbocycles. The van der Waals surface area contributed by atoms with Gasteiger partial charge in [-0.25, -0.2) is 4.79 Å². The molecular weight excluding hydrogens is 314 g/mol. The number of halogens is 1. The Hall–Kier alpha value is -0.950. The van der Waals surface area contributed by atoms with E-state index in [4.69, 9.17) is 9.84 Å². The second-order valence-corrected chi connectivity index (χ2v) is 4.66. The van der Waals surface area contributed by atoms with Crippen molar-refractivity contribution >= 4 is 21.9 Å². The van der Waals surface area contributed by atoms with Crippen LogP contribution in [0.3, 0.4) is 0 Å². The van der Waals surface area contributed by atoms with E-state index in [0.29, 0.717) is 31.9 Å². The van der Waals surface area contributed by atoms with Crippen LogP contribution < -0.4 is 5.32 Å². The Bertz CT molecular complexity index is 412. The number of hydrogen-bond donors (Lipinski definition) is 2. The summed E-state index contributed by atoms with van der Waals surface area (Å²) in [5.74, 6) is -0.349. The quantitative estimate of drug-likeness (QED) is 0.555. The lowest BCUT2D eigenvalue weighted by molar-refractivity contribution is 0.0600. The number of ether oxygens (including phenoxy) is 2. The second kappa shape index (κ2) is 9.03. The molecule has 106 valence electrons. The molecule has 0 heterocycles. The average molecular weight is 332 g/mol. The number of benzene rings is 1. The highest BCUT2D eigenvalue weighted by Crippen LogP contribution is 2.19. The third kappa shape index (κ3) is 5.69. The molecule has 0 atom stereocenters. The van der Waals surface area contributed by atoms with E-state index in [1.54, 1.807) is 12.1 Å². The third-order valence-electron chi connectivity index (χ3n) is 2.45. The van der Waals surface area contributed by atoms with E-state index < -0.39 is 0 Å². The minimum Gasteiger partial charge on any atom is -0.465 e. The van der Waals surface area contributed by atoms with Gasteiger partial charge in [0.1, 0.15) is 0 Å². The van der Waals surface area contributed by atoms with E-state index in [-0.39, 0.29) is 12.6 Å². The van der Waals surface area contributed by atoms with Gasteiger partial charge in [0.05, 0.1) is 32.5 Å². The van der Waals surface area contributed by atoms with Crippen LogP contribution >= 0.6 is 15.9 Å². The van der Waals surface area contributed by atoms with Crippen molar-refractivity contribution in [2.45, 2.75) is 6.54 Å². The largest absolute Gasteiger partial charge is 0.465 e. The molecule has 2 N–H and O–H groups in total. The number of esters is 1. The average Bonchev–Trinajstić information content (AvgIpc) is 2.43. The van der Waals surface area contributed by atoms with Crippen molar-refractivity contribution in [2.75, 3.05) is 33.5 Å². The van der Waals surface area contributed by atoms with Crippen molar-refractivity contribution in [3.05, 3.63) is 33.8 Å². The van der Waals surface area contributed by atoms with Crippen LogP contribution in [-0.2, 0) is 16.0 Å². The summed E-state index contributed by atoms with van der Waals surface area (Å²) in [6.45, 7) is 2.33. The van der Waals surface area contributed by atoms with Gasteiger partial charge in [-0.15, -0.1) is 0 Å². The number of carbonyl (C=O) groups excluding carboxylic acids is 1. The molecule has 19 heavy (non-hydrogen) atoms. The summed E-state index contributed by atoms with van der Waals surface area (Å²) in [6, 6.07) is 5.35. The van der Waals surface area contributed by atoms with E-state index >= 15 is 0 Å². The topological polar surface area (TPSA) is 67.8 Å². The molecule has 5 nitrogen and oxygen atoms in total. The van der Waals surface area contributed by atoms with E-state index in [0.717, 1.165) is 10.0 Å². The molecule has 0 amide bonds. The maximum atomic E-state index is 11.3. The van der Waals surface area contributed by atoms with Crippen LogP contribution in [0.15, 0.2) is 22.7 Å². The Labute approximate surface area is 121 Å². The first kappa shape index (κ1) is 16.1. The summed E-state index contributed by atoms with van der Waals surface area (Å²) >= 11 is 3.43. The lowest BCUT2D eigenvalue weighted by atomic mass is 10.1. The molecule has 0 aromatic heterocycles. The van der Waals surface area contributed by atoms with Crippen LogP contribution in [0, 0.1) is 0 Å². The summed E-state index contributed by atoms with van der Waals surface area (Å²) in [5.41, 5.74) is 1.57. The van der Waals surface area contributed by atoms with Gasteiger partial charge >= 0.3 is 5.97 Å². The highest BCUT2D eigenvalue weighted by Gasteiger charge is 2.07. The van der Waals surface area contributed by atoms with Crippen molar-refractivity contribution < 1.29 is 19.4 Å². The van der Waals surface area contributed by atoms with E-state index in [9.17, 15) is 4.79 Å². The van der Waals surface area contributed by atoms with Crippen molar-refractivity contribution in [1.82, 2.24) is 5.32 Å². The van der Waals surface area contributed by atoms with E-state index in [2.05, 4.69) is 26.0 Å². The zero-order chi connectivity index (χ0) is 14.1. The third-order valence-corrected chi connectivity index (χ3v) is 3.19. The number of aliphatic hydroxyl groups excluding tert-OH is 1. The highest BCUT2D eigenvalue weighted by atomic mass is 79.9. The van der Waals surface area contributed by atoms with Gasteiger partial charge in [0.2, 0.25) is 0 Å². The minimum absolute atomic E-state index is 0.0422. The number of carbonyl (C=O) groups is 1. The molecule has 0 aliphatic rings. The van der Waals surface area contributed by atoms with Crippen molar-refractivity contribution in [3.8, 4) is 0 Å². The van der Waals surface area contributed by atoms with Gasteiger partial charge < -0.3 is 19.9 Å². The summed E-state index contributed by atoms with van der Waals surface area (Å²) in [5, 5.41) is 11.8. The maximum Gasteiger partial charge on any atom is 0.337 e. The Morgan fingerprint density at radius 3 is 2.84 bits per heavy atom. The zero-order valence-corrected chi connectivity index (χ0v) is 12.4. The zero-order valence-electron chi connectivity index (χ0n) is 10.8. The number of nitrogens with one attached hydrogen (secondary N) is 1. The lowest BCUT2D eigenvalue weighted by Crippen LogP contribution is -2.20. The van der Waals surface area contributed by atoms with Crippen LogP contribution in [0.25, 0.3) is 0 Å². The minimum atomic E-state index is -0.349. The van der Waals surface area contributed by atoms with Crippen LogP contribution in [0.2, 0.25) is 0 Å². The molecule has 1 aromatic rings. The summed E-state index contributed by atoms with van der Waals surface area (Å²) in [4.78, 5) is 11.3. The molecule has 0 saturated carbocycles. The first-order valence-corrected chi connectivity index (χ1v) is 6.74. The lowest BCUT2D eigenvalue weighted by Gasteiger charge is -2.08. The van der Waals surface area contributed by atoms with Crippen molar-refractivity contribution in [3.63, 3.8) is 0 Å². The summed E-state index contributed by atoms with van der Waals surface area (Å²) in [6.07, 6.45) is 0. The van der Waals surface area contributed by atoms with Crippen LogP contribution in [-0.4, -0.2) is 44.6 Å².